The van der Waals surface area contributed by atoms with Crippen LogP contribution >= 0.6 is 0 Å². The van der Waals surface area contributed by atoms with E-state index < -0.39 is 0 Å². The minimum Gasteiger partial charge on any atom is -0.309 e. The zero-order valence-corrected chi connectivity index (χ0v) is 31.0. The van der Waals surface area contributed by atoms with Gasteiger partial charge in [-0.2, -0.15) is 0 Å². The maximum absolute atomic E-state index is 2.51. The van der Waals surface area contributed by atoms with Crippen molar-refractivity contribution in [2.45, 2.75) is 25.2 Å². The molecule has 1 nitrogen and oxygen atoms in total. The first kappa shape index (κ1) is 31.8. The average Bonchev–Trinajstić information content (AvgIpc) is 3.45. The summed E-state index contributed by atoms with van der Waals surface area (Å²) in [4.78, 5) is 2.51. The lowest BCUT2D eigenvalue weighted by molar-refractivity contribution is 0.661. The van der Waals surface area contributed by atoms with Gasteiger partial charge in [0, 0.05) is 28.1 Å². The fourth-order valence-electron chi connectivity index (χ4n) is 9.72. The third-order valence-electron chi connectivity index (χ3n) is 12.3. The molecule has 9 aromatic rings. The standard InChI is InChI=1S/C54H39N/c1-54(2)48-33-38-21-10-9-20-37(38)32-47(48)40-29-28-39(34-49(40)54)55-50-26-13-11-22-41(50)43-24-15-25-44-46(31-30-45(53(43)44)42-23-12-14-27-51(42)55)52(35-16-5-3-6-17-35)36-18-7-4-8-19-36/h3-34,52H,1-2H3. The van der Waals surface area contributed by atoms with Crippen LogP contribution in [-0.4, -0.2) is 0 Å². The first-order valence-corrected chi connectivity index (χ1v) is 19.4. The Labute approximate surface area is 322 Å². The highest BCUT2D eigenvalue weighted by atomic mass is 15.1. The smallest absolute Gasteiger partial charge is 0.0540 e. The Bertz CT molecular complexity index is 2860. The molecule has 11 rings (SSSR count). The second-order valence-electron chi connectivity index (χ2n) is 15.7. The number of fused-ring (bicyclic) bond motifs is 8. The van der Waals surface area contributed by atoms with E-state index in [0.717, 1.165) is 0 Å². The first-order valence-electron chi connectivity index (χ1n) is 19.4. The maximum Gasteiger partial charge on any atom is 0.0540 e. The van der Waals surface area contributed by atoms with E-state index in [1.807, 2.05) is 0 Å². The lowest BCUT2D eigenvalue weighted by Crippen LogP contribution is -2.17. The van der Waals surface area contributed by atoms with Crippen molar-refractivity contribution in [3.8, 4) is 33.4 Å². The van der Waals surface area contributed by atoms with Crippen molar-refractivity contribution >= 4 is 38.6 Å². The highest BCUT2D eigenvalue weighted by Crippen LogP contribution is 2.55. The Hall–Kier alpha value is -6.70. The molecule has 0 amide bonds. The first-order chi connectivity index (χ1) is 27.1. The molecule has 0 bridgehead atoms. The van der Waals surface area contributed by atoms with Crippen LogP contribution in [0.5, 0.6) is 0 Å². The number of nitrogens with zero attached hydrogens (tertiary/aromatic N) is 1. The topological polar surface area (TPSA) is 3.24 Å². The molecule has 1 heterocycles. The van der Waals surface area contributed by atoms with Crippen LogP contribution in [0.4, 0.5) is 17.1 Å². The van der Waals surface area contributed by atoms with Gasteiger partial charge in [0.2, 0.25) is 0 Å². The predicted molar refractivity (Wildman–Crippen MR) is 232 cm³/mol. The van der Waals surface area contributed by atoms with E-state index in [4.69, 9.17) is 0 Å². The highest BCUT2D eigenvalue weighted by molar-refractivity contribution is 6.14. The van der Waals surface area contributed by atoms with Gasteiger partial charge in [-0.15, -0.1) is 0 Å². The minimum absolute atomic E-state index is 0.0932. The number of hydrogen-bond donors (Lipinski definition) is 0. The van der Waals surface area contributed by atoms with Gasteiger partial charge in [0.1, 0.15) is 0 Å². The number of anilines is 3. The molecule has 0 radical (unpaired) electrons. The molecule has 55 heavy (non-hydrogen) atoms. The van der Waals surface area contributed by atoms with Gasteiger partial charge < -0.3 is 4.90 Å². The summed E-state index contributed by atoms with van der Waals surface area (Å²) >= 11 is 0. The molecule has 0 fully saturated rings. The van der Waals surface area contributed by atoms with E-state index in [0.29, 0.717) is 0 Å². The SMILES string of the molecule is CC1(C)c2cc(N3c4ccccc4-c4cccc5c(C(c6ccccc6)c6ccccc6)ccc(c45)-c4ccccc43)ccc2-c2cc3ccccc3cc21. The minimum atomic E-state index is -0.144. The molecule has 260 valence electrons. The van der Waals surface area contributed by atoms with Crippen molar-refractivity contribution in [3.63, 3.8) is 0 Å². The third kappa shape index (κ3) is 4.79. The van der Waals surface area contributed by atoms with Crippen LogP contribution < -0.4 is 4.90 Å². The van der Waals surface area contributed by atoms with Crippen LogP contribution in [0.1, 0.15) is 47.6 Å². The molecule has 1 aliphatic carbocycles. The van der Waals surface area contributed by atoms with Crippen LogP contribution in [0.25, 0.3) is 54.9 Å². The van der Waals surface area contributed by atoms with Gasteiger partial charge in [0.25, 0.3) is 0 Å². The summed E-state index contributed by atoms with van der Waals surface area (Å²) in [7, 11) is 0. The van der Waals surface area contributed by atoms with Crippen LogP contribution in [0.15, 0.2) is 194 Å². The second-order valence-corrected chi connectivity index (χ2v) is 15.7. The maximum atomic E-state index is 2.51. The van der Waals surface area contributed by atoms with Crippen molar-refractivity contribution in [3.05, 3.63) is 222 Å². The molecule has 2 aliphatic rings. The molecular formula is C54H39N. The average molecular weight is 702 g/mol. The van der Waals surface area contributed by atoms with Crippen LogP contribution in [-0.2, 0) is 5.41 Å². The van der Waals surface area contributed by atoms with Gasteiger partial charge in [-0.3, -0.25) is 0 Å². The number of rotatable bonds is 4. The number of benzene rings is 9. The Morgan fingerprint density at radius 3 is 1.60 bits per heavy atom. The van der Waals surface area contributed by atoms with Crippen molar-refractivity contribution in [1.82, 2.24) is 0 Å². The Balaban J connectivity index is 1.15. The van der Waals surface area contributed by atoms with Crippen LogP contribution in [0.2, 0.25) is 0 Å². The van der Waals surface area contributed by atoms with Gasteiger partial charge in [-0.05, 0) is 108 Å². The molecule has 0 N–H and O–H groups in total. The highest BCUT2D eigenvalue weighted by Gasteiger charge is 2.37. The summed E-state index contributed by atoms with van der Waals surface area (Å²) in [5, 5.41) is 5.17. The fourth-order valence-corrected chi connectivity index (χ4v) is 9.72. The molecule has 0 aromatic heterocycles. The van der Waals surface area contributed by atoms with E-state index in [1.165, 1.54) is 99.8 Å². The van der Waals surface area contributed by atoms with Crippen molar-refractivity contribution in [2.75, 3.05) is 4.90 Å². The van der Waals surface area contributed by atoms with Crippen LogP contribution in [0.3, 0.4) is 0 Å². The normalized spacial score (nSPS) is 13.5. The predicted octanol–water partition coefficient (Wildman–Crippen LogP) is 14.6. The molecule has 1 heteroatoms. The molecule has 0 atom stereocenters. The fraction of sp³-hybridized carbons (Fsp3) is 0.0741. The van der Waals surface area contributed by atoms with Crippen LogP contribution in [0, 0.1) is 0 Å². The molecule has 9 aromatic carbocycles. The monoisotopic (exact) mass is 701 g/mol. The summed E-state index contributed by atoms with van der Waals surface area (Å²) in [6.07, 6.45) is 0. The number of para-hydroxylation sites is 2. The van der Waals surface area contributed by atoms with E-state index in [9.17, 15) is 0 Å². The Morgan fingerprint density at radius 2 is 0.927 bits per heavy atom. The third-order valence-corrected chi connectivity index (χ3v) is 12.3. The summed E-state index contributed by atoms with van der Waals surface area (Å²) in [5.41, 5.74) is 17.7. The largest absolute Gasteiger partial charge is 0.309 e. The van der Waals surface area contributed by atoms with Gasteiger partial charge in [-0.1, -0.05) is 172 Å². The van der Waals surface area contributed by atoms with E-state index in [2.05, 4.69) is 213 Å². The molecule has 0 saturated carbocycles. The van der Waals surface area contributed by atoms with Crippen molar-refractivity contribution in [1.29, 1.82) is 0 Å². The summed E-state index contributed by atoms with van der Waals surface area (Å²) < 4.78 is 0. The van der Waals surface area contributed by atoms with Gasteiger partial charge in [0.15, 0.2) is 0 Å². The lowest BCUT2D eigenvalue weighted by atomic mass is 9.79. The van der Waals surface area contributed by atoms with E-state index in [1.54, 1.807) is 0 Å². The van der Waals surface area contributed by atoms with Gasteiger partial charge >= 0.3 is 0 Å². The zero-order chi connectivity index (χ0) is 36.7. The second kappa shape index (κ2) is 12.2. The lowest BCUT2D eigenvalue weighted by Gasteiger charge is -2.33. The van der Waals surface area contributed by atoms with Crippen molar-refractivity contribution < 1.29 is 0 Å². The summed E-state index contributed by atoms with van der Waals surface area (Å²) in [6.45, 7) is 4.77. The van der Waals surface area contributed by atoms with Gasteiger partial charge in [-0.25, -0.2) is 0 Å². The number of hydrogen-bond acceptors (Lipinski definition) is 1. The summed E-state index contributed by atoms with van der Waals surface area (Å²) in [6, 6.07) is 72.3. The van der Waals surface area contributed by atoms with E-state index in [-0.39, 0.29) is 11.3 Å². The molecule has 0 saturated heterocycles. The van der Waals surface area contributed by atoms with E-state index >= 15 is 0 Å². The summed E-state index contributed by atoms with van der Waals surface area (Å²) in [5.74, 6) is 0.0932. The Kier molecular flexibility index (Phi) is 7.03. The Morgan fingerprint density at radius 1 is 0.400 bits per heavy atom. The molecule has 0 spiro atoms. The zero-order valence-electron chi connectivity index (χ0n) is 31.0. The molecular weight excluding hydrogens is 663 g/mol. The van der Waals surface area contributed by atoms with Crippen molar-refractivity contribution in [2.24, 2.45) is 0 Å². The molecule has 0 unspecified atom stereocenters. The quantitative estimate of drug-likeness (QED) is 0.165. The molecule has 1 aliphatic heterocycles. The van der Waals surface area contributed by atoms with Gasteiger partial charge in [0.05, 0.1) is 11.4 Å².